The molecule has 0 fully saturated rings. The van der Waals surface area contributed by atoms with Crippen molar-refractivity contribution in [2.24, 2.45) is 0 Å². The van der Waals surface area contributed by atoms with Gasteiger partial charge in [0.25, 0.3) is 0 Å². The summed E-state index contributed by atoms with van der Waals surface area (Å²) in [6, 6.07) is 10.8. The van der Waals surface area contributed by atoms with Crippen LogP contribution in [-0.4, -0.2) is 19.2 Å². The summed E-state index contributed by atoms with van der Waals surface area (Å²) in [4.78, 5) is 0.648. The molecule has 0 aliphatic heterocycles. The summed E-state index contributed by atoms with van der Waals surface area (Å²) < 4.78 is 0. The standard InChI is InChI=1S/C15H24SSi/c1-7-15(2,13-11-9-8-10-12-13)14(16-3)17(4,5)6/h7-12,14H,1H2,2-6H3/t14-,15+/m1/s1. The molecule has 1 aromatic rings. The lowest BCUT2D eigenvalue weighted by Crippen LogP contribution is -2.48. The van der Waals surface area contributed by atoms with E-state index in [0.29, 0.717) is 4.87 Å². The van der Waals surface area contributed by atoms with Crippen molar-refractivity contribution in [1.82, 2.24) is 0 Å². The topological polar surface area (TPSA) is 0 Å². The molecule has 0 bridgehead atoms. The molecule has 94 valence electrons. The third-order valence-corrected chi connectivity index (χ3v) is 9.35. The van der Waals surface area contributed by atoms with Crippen molar-refractivity contribution < 1.29 is 0 Å². The van der Waals surface area contributed by atoms with Crippen LogP contribution in [0.4, 0.5) is 0 Å². The molecule has 2 atom stereocenters. The molecule has 0 heterocycles. The van der Waals surface area contributed by atoms with Gasteiger partial charge in [0.05, 0.1) is 8.07 Å². The molecular formula is C15H24SSi. The van der Waals surface area contributed by atoms with Crippen LogP contribution >= 0.6 is 11.8 Å². The number of hydrogen-bond donors (Lipinski definition) is 0. The van der Waals surface area contributed by atoms with Gasteiger partial charge in [-0.25, -0.2) is 0 Å². The third-order valence-electron chi connectivity index (χ3n) is 3.39. The van der Waals surface area contributed by atoms with Crippen LogP contribution in [0.25, 0.3) is 0 Å². The van der Waals surface area contributed by atoms with E-state index in [1.807, 2.05) is 11.8 Å². The Morgan fingerprint density at radius 1 is 1.24 bits per heavy atom. The van der Waals surface area contributed by atoms with Gasteiger partial charge in [0.2, 0.25) is 0 Å². The quantitative estimate of drug-likeness (QED) is 0.547. The fraction of sp³-hybridized carbons (Fsp3) is 0.467. The summed E-state index contributed by atoms with van der Waals surface area (Å²) in [6.45, 7) is 13.8. The van der Waals surface area contributed by atoms with Gasteiger partial charge in [-0.2, -0.15) is 11.8 Å². The maximum Gasteiger partial charge on any atom is 0.0602 e. The molecule has 0 aliphatic rings. The van der Waals surface area contributed by atoms with E-state index >= 15 is 0 Å². The van der Waals surface area contributed by atoms with Crippen molar-refractivity contribution in [3.8, 4) is 0 Å². The first-order chi connectivity index (χ1) is 7.86. The molecular weight excluding hydrogens is 240 g/mol. The van der Waals surface area contributed by atoms with Gasteiger partial charge in [0.15, 0.2) is 0 Å². The zero-order chi connectivity index (χ0) is 13.1. The summed E-state index contributed by atoms with van der Waals surface area (Å²) >= 11 is 1.99. The van der Waals surface area contributed by atoms with E-state index in [1.165, 1.54) is 5.56 Å². The smallest absolute Gasteiger partial charge is 0.0602 e. The van der Waals surface area contributed by atoms with Crippen molar-refractivity contribution in [2.45, 2.75) is 36.9 Å². The molecule has 1 aromatic carbocycles. The first-order valence-corrected chi connectivity index (χ1v) is 10.9. The lowest BCUT2D eigenvalue weighted by atomic mass is 9.84. The van der Waals surface area contributed by atoms with Gasteiger partial charge in [-0.1, -0.05) is 63.0 Å². The summed E-state index contributed by atoms with van der Waals surface area (Å²) in [7, 11) is -1.23. The van der Waals surface area contributed by atoms with Gasteiger partial charge in [-0.15, -0.1) is 6.58 Å². The Kier molecular flexibility index (Phi) is 4.67. The number of allylic oxidation sites excluding steroid dienone is 1. The van der Waals surface area contributed by atoms with Crippen LogP contribution in [0.5, 0.6) is 0 Å². The highest BCUT2D eigenvalue weighted by Crippen LogP contribution is 2.40. The second-order valence-corrected chi connectivity index (χ2v) is 12.5. The van der Waals surface area contributed by atoms with Gasteiger partial charge >= 0.3 is 0 Å². The molecule has 0 nitrogen and oxygen atoms in total. The number of benzene rings is 1. The molecule has 0 aromatic heterocycles. The van der Waals surface area contributed by atoms with E-state index in [-0.39, 0.29) is 5.41 Å². The summed E-state index contributed by atoms with van der Waals surface area (Å²) in [5.41, 5.74) is 1.46. The lowest BCUT2D eigenvalue weighted by molar-refractivity contribution is 0.639. The Balaban J connectivity index is 3.24. The zero-order valence-electron chi connectivity index (χ0n) is 11.7. The first kappa shape index (κ1) is 14.6. The van der Waals surface area contributed by atoms with Crippen LogP contribution in [-0.2, 0) is 5.41 Å². The molecule has 2 heteroatoms. The minimum absolute atomic E-state index is 0.0746. The van der Waals surface area contributed by atoms with Crippen molar-refractivity contribution in [3.05, 3.63) is 48.6 Å². The van der Waals surface area contributed by atoms with Gasteiger partial charge in [0.1, 0.15) is 0 Å². The molecule has 0 amide bonds. The Morgan fingerprint density at radius 3 is 2.12 bits per heavy atom. The minimum atomic E-state index is -1.23. The molecule has 0 unspecified atom stereocenters. The average molecular weight is 265 g/mol. The van der Waals surface area contributed by atoms with Gasteiger partial charge < -0.3 is 0 Å². The lowest BCUT2D eigenvalue weighted by Gasteiger charge is -2.41. The van der Waals surface area contributed by atoms with Crippen LogP contribution in [0.3, 0.4) is 0 Å². The van der Waals surface area contributed by atoms with Crippen molar-refractivity contribution in [1.29, 1.82) is 0 Å². The second kappa shape index (κ2) is 5.45. The highest BCUT2D eigenvalue weighted by atomic mass is 32.2. The van der Waals surface area contributed by atoms with E-state index in [2.05, 4.69) is 75.8 Å². The van der Waals surface area contributed by atoms with E-state index in [4.69, 9.17) is 0 Å². The molecule has 0 aliphatic carbocycles. The van der Waals surface area contributed by atoms with Gasteiger partial charge in [-0.05, 0) is 11.8 Å². The molecule has 17 heavy (non-hydrogen) atoms. The minimum Gasteiger partial charge on any atom is -0.164 e. The highest BCUT2D eigenvalue weighted by molar-refractivity contribution is 8.01. The number of thioether (sulfide) groups is 1. The molecule has 0 N–H and O–H groups in total. The zero-order valence-corrected chi connectivity index (χ0v) is 13.5. The van der Waals surface area contributed by atoms with Crippen LogP contribution in [0.15, 0.2) is 43.0 Å². The van der Waals surface area contributed by atoms with E-state index in [0.717, 1.165) is 0 Å². The summed E-state index contributed by atoms with van der Waals surface area (Å²) in [5.74, 6) is 0. The fourth-order valence-corrected chi connectivity index (χ4v) is 8.31. The molecule has 0 saturated heterocycles. The van der Waals surface area contributed by atoms with Gasteiger partial charge in [0, 0.05) is 10.3 Å². The van der Waals surface area contributed by atoms with Crippen LogP contribution in [0.2, 0.25) is 19.6 Å². The average Bonchev–Trinajstić information content (AvgIpc) is 2.29. The maximum atomic E-state index is 4.10. The van der Waals surface area contributed by atoms with Gasteiger partial charge in [-0.3, -0.25) is 0 Å². The largest absolute Gasteiger partial charge is 0.164 e. The number of hydrogen-bond acceptors (Lipinski definition) is 1. The predicted octanol–water partition coefficient (Wildman–Crippen LogP) is 4.74. The van der Waals surface area contributed by atoms with Crippen molar-refractivity contribution in [2.75, 3.05) is 6.26 Å². The van der Waals surface area contributed by atoms with Crippen molar-refractivity contribution >= 4 is 19.8 Å². The second-order valence-electron chi connectivity index (χ2n) is 5.83. The van der Waals surface area contributed by atoms with E-state index < -0.39 is 8.07 Å². The van der Waals surface area contributed by atoms with Crippen LogP contribution in [0.1, 0.15) is 12.5 Å². The normalized spacial score (nSPS) is 17.2. The molecule has 0 radical (unpaired) electrons. The Bertz CT molecular complexity index is 366. The van der Waals surface area contributed by atoms with Crippen LogP contribution in [0, 0.1) is 0 Å². The fourth-order valence-electron chi connectivity index (χ4n) is 2.67. The molecule has 1 rings (SSSR count). The monoisotopic (exact) mass is 264 g/mol. The van der Waals surface area contributed by atoms with Crippen LogP contribution < -0.4 is 0 Å². The Hall–Kier alpha value is -0.473. The summed E-state index contributed by atoms with van der Waals surface area (Å²) in [6.07, 6.45) is 4.37. The highest BCUT2D eigenvalue weighted by Gasteiger charge is 2.40. The molecule has 0 spiro atoms. The SMILES string of the molecule is C=C[C@@](C)(c1ccccc1)[C@H](SC)[Si](C)(C)C. The van der Waals surface area contributed by atoms with Crippen molar-refractivity contribution in [3.63, 3.8) is 0 Å². The molecule has 0 saturated carbocycles. The van der Waals surface area contributed by atoms with E-state index in [1.54, 1.807) is 0 Å². The Labute approximate surface area is 112 Å². The first-order valence-electron chi connectivity index (χ1n) is 6.08. The Morgan fingerprint density at radius 2 is 1.76 bits per heavy atom. The predicted molar refractivity (Wildman–Crippen MR) is 84.6 cm³/mol. The van der Waals surface area contributed by atoms with E-state index in [9.17, 15) is 0 Å². The number of rotatable bonds is 5. The third kappa shape index (κ3) is 3.05. The summed E-state index contributed by atoms with van der Waals surface area (Å²) in [5, 5.41) is 0. The maximum absolute atomic E-state index is 4.10.